The molecule has 0 amide bonds. The zero-order valence-corrected chi connectivity index (χ0v) is 10.1. The van der Waals surface area contributed by atoms with Gasteiger partial charge in [-0.25, -0.2) is 0 Å². The molecule has 1 aliphatic rings. The first-order valence-electron chi connectivity index (χ1n) is 4.95. The third-order valence-corrected chi connectivity index (χ3v) is 2.82. The molecule has 78 valence electrons. The second-order valence-corrected chi connectivity index (χ2v) is 5.47. The van der Waals surface area contributed by atoms with Crippen molar-refractivity contribution >= 4 is 15.9 Å². The van der Waals surface area contributed by atoms with E-state index in [1.165, 1.54) is 12.8 Å². The summed E-state index contributed by atoms with van der Waals surface area (Å²) in [5.74, 6) is 0. The Labute approximate surface area is 89.1 Å². The topological polar surface area (TPSA) is 18.5 Å². The fourth-order valence-corrected chi connectivity index (χ4v) is 2.61. The highest BCUT2D eigenvalue weighted by Gasteiger charge is 2.34. The SMILES string of the molecule is COCC1(CC(C)Br)CCCCO1. The van der Waals surface area contributed by atoms with Crippen molar-refractivity contribution in [1.82, 2.24) is 0 Å². The van der Waals surface area contributed by atoms with E-state index < -0.39 is 0 Å². The first kappa shape index (κ1) is 11.5. The average Bonchev–Trinajstić information content (AvgIpc) is 2.04. The van der Waals surface area contributed by atoms with Crippen LogP contribution >= 0.6 is 15.9 Å². The van der Waals surface area contributed by atoms with E-state index in [1.807, 2.05) is 0 Å². The molecular weight excluding hydrogens is 232 g/mol. The van der Waals surface area contributed by atoms with Crippen LogP contribution in [0.25, 0.3) is 0 Å². The zero-order valence-electron chi connectivity index (χ0n) is 8.51. The molecule has 1 heterocycles. The van der Waals surface area contributed by atoms with Gasteiger partial charge in [0.05, 0.1) is 12.2 Å². The van der Waals surface area contributed by atoms with Crippen LogP contribution in [0.2, 0.25) is 0 Å². The summed E-state index contributed by atoms with van der Waals surface area (Å²) in [5.41, 5.74) is -0.0179. The van der Waals surface area contributed by atoms with E-state index in [-0.39, 0.29) is 5.60 Å². The highest BCUT2D eigenvalue weighted by atomic mass is 79.9. The van der Waals surface area contributed by atoms with Crippen molar-refractivity contribution in [3.63, 3.8) is 0 Å². The lowest BCUT2D eigenvalue weighted by Crippen LogP contribution is -2.42. The van der Waals surface area contributed by atoms with Crippen molar-refractivity contribution in [1.29, 1.82) is 0 Å². The zero-order chi connectivity index (χ0) is 9.73. The summed E-state index contributed by atoms with van der Waals surface area (Å²) in [7, 11) is 1.75. The molecule has 0 radical (unpaired) electrons. The van der Waals surface area contributed by atoms with Gasteiger partial charge in [-0.05, 0) is 25.7 Å². The molecule has 0 aromatic rings. The third-order valence-electron chi connectivity index (χ3n) is 2.50. The number of rotatable bonds is 4. The van der Waals surface area contributed by atoms with Crippen LogP contribution in [-0.4, -0.2) is 30.8 Å². The van der Waals surface area contributed by atoms with E-state index in [2.05, 4.69) is 22.9 Å². The average molecular weight is 251 g/mol. The summed E-state index contributed by atoms with van der Waals surface area (Å²) >= 11 is 3.58. The molecule has 3 heteroatoms. The number of hydrogen-bond donors (Lipinski definition) is 0. The van der Waals surface area contributed by atoms with Crippen molar-refractivity contribution in [2.75, 3.05) is 20.3 Å². The summed E-state index contributed by atoms with van der Waals surface area (Å²) in [6, 6.07) is 0. The van der Waals surface area contributed by atoms with Gasteiger partial charge in [0, 0.05) is 18.5 Å². The van der Waals surface area contributed by atoms with E-state index in [0.717, 1.165) is 26.1 Å². The Morgan fingerprint density at radius 3 is 2.77 bits per heavy atom. The Bertz CT molecular complexity index is 136. The molecular formula is C10H19BrO2. The van der Waals surface area contributed by atoms with Crippen LogP contribution in [0.5, 0.6) is 0 Å². The quantitative estimate of drug-likeness (QED) is 0.715. The predicted molar refractivity (Wildman–Crippen MR) is 57.4 cm³/mol. The van der Waals surface area contributed by atoms with Gasteiger partial charge < -0.3 is 9.47 Å². The molecule has 1 rings (SSSR count). The number of methoxy groups -OCH3 is 1. The van der Waals surface area contributed by atoms with E-state index in [1.54, 1.807) is 7.11 Å². The van der Waals surface area contributed by atoms with Crippen molar-refractivity contribution < 1.29 is 9.47 Å². The van der Waals surface area contributed by atoms with Gasteiger partial charge in [-0.2, -0.15) is 0 Å². The second-order valence-electron chi connectivity index (χ2n) is 3.91. The summed E-state index contributed by atoms with van der Waals surface area (Å²) < 4.78 is 11.1. The number of ether oxygens (including phenoxy) is 2. The second kappa shape index (κ2) is 5.32. The summed E-state index contributed by atoms with van der Waals surface area (Å²) in [6.07, 6.45) is 4.64. The van der Waals surface area contributed by atoms with Crippen LogP contribution in [0.15, 0.2) is 0 Å². The Hall–Kier alpha value is 0.400. The lowest BCUT2D eigenvalue weighted by Gasteiger charge is -2.37. The number of hydrogen-bond acceptors (Lipinski definition) is 2. The Morgan fingerprint density at radius 2 is 2.31 bits per heavy atom. The first-order valence-corrected chi connectivity index (χ1v) is 5.87. The van der Waals surface area contributed by atoms with Gasteiger partial charge in [-0.3, -0.25) is 0 Å². The maximum absolute atomic E-state index is 5.86. The molecule has 1 aliphatic heterocycles. The lowest BCUT2D eigenvalue weighted by molar-refractivity contribution is -0.119. The monoisotopic (exact) mass is 250 g/mol. The highest BCUT2D eigenvalue weighted by Crippen LogP contribution is 2.31. The van der Waals surface area contributed by atoms with E-state index in [9.17, 15) is 0 Å². The van der Waals surface area contributed by atoms with E-state index in [4.69, 9.17) is 9.47 Å². The molecule has 0 bridgehead atoms. The van der Waals surface area contributed by atoms with Gasteiger partial charge in [0.2, 0.25) is 0 Å². The Kier molecular flexibility index (Phi) is 4.70. The minimum Gasteiger partial charge on any atom is -0.382 e. The van der Waals surface area contributed by atoms with Crippen LogP contribution in [0.3, 0.4) is 0 Å². The molecule has 0 aromatic carbocycles. The fraction of sp³-hybridized carbons (Fsp3) is 1.00. The largest absolute Gasteiger partial charge is 0.382 e. The number of alkyl halides is 1. The highest BCUT2D eigenvalue weighted by molar-refractivity contribution is 9.09. The van der Waals surface area contributed by atoms with Gasteiger partial charge >= 0.3 is 0 Å². The van der Waals surface area contributed by atoms with Gasteiger partial charge in [-0.15, -0.1) is 0 Å². The van der Waals surface area contributed by atoms with Gasteiger partial charge in [0.15, 0.2) is 0 Å². The van der Waals surface area contributed by atoms with Crippen LogP contribution in [-0.2, 0) is 9.47 Å². The normalized spacial score (nSPS) is 31.6. The van der Waals surface area contributed by atoms with Crippen LogP contribution in [0.1, 0.15) is 32.6 Å². The molecule has 0 aliphatic carbocycles. The van der Waals surface area contributed by atoms with Gasteiger partial charge in [0.25, 0.3) is 0 Å². The molecule has 2 atom stereocenters. The van der Waals surface area contributed by atoms with E-state index in [0.29, 0.717) is 4.83 Å². The molecule has 0 saturated carbocycles. The standard InChI is InChI=1S/C10H19BrO2/c1-9(11)7-10(8-12-2)5-3-4-6-13-10/h9H,3-8H2,1-2H3. The maximum Gasteiger partial charge on any atom is 0.0925 e. The molecule has 0 N–H and O–H groups in total. The molecule has 1 fully saturated rings. The summed E-state index contributed by atoms with van der Waals surface area (Å²) in [6.45, 7) is 3.78. The first-order chi connectivity index (χ1) is 6.18. The van der Waals surface area contributed by atoms with Crippen molar-refractivity contribution in [2.45, 2.75) is 43.0 Å². The van der Waals surface area contributed by atoms with Crippen LogP contribution < -0.4 is 0 Å². The van der Waals surface area contributed by atoms with Gasteiger partial charge in [0.1, 0.15) is 0 Å². The summed E-state index contributed by atoms with van der Waals surface area (Å²) in [5, 5.41) is 0. The molecule has 0 spiro atoms. The Balaban J connectivity index is 2.50. The fourth-order valence-electron chi connectivity index (χ4n) is 2.02. The van der Waals surface area contributed by atoms with Crippen LogP contribution in [0, 0.1) is 0 Å². The molecule has 1 saturated heterocycles. The van der Waals surface area contributed by atoms with Gasteiger partial charge in [-0.1, -0.05) is 22.9 Å². The van der Waals surface area contributed by atoms with Crippen molar-refractivity contribution in [2.24, 2.45) is 0 Å². The molecule has 13 heavy (non-hydrogen) atoms. The number of halogens is 1. The smallest absolute Gasteiger partial charge is 0.0925 e. The maximum atomic E-state index is 5.86. The Morgan fingerprint density at radius 1 is 1.54 bits per heavy atom. The van der Waals surface area contributed by atoms with Crippen LogP contribution in [0.4, 0.5) is 0 Å². The van der Waals surface area contributed by atoms with Crippen molar-refractivity contribution in [3.05, 3.63) is 0 Å². The minimum absolute atomic E-state index is 0.0179. The van der Waals surface area contributed by atoms with E-state index >= 15 is 0 Å². The lowest BCUT2D eigenvalue weighted by atomic mass is 9.90. The molecule has 2 nitrogen and oxygen atoms in total. The predicted octanol–water partition coefficient (Wildman–Crippen LogP) is 2.75. The molecule has 2 unspecified atom stereocenters. The van der Waals surface area contributed by atoms with Crippen molar-refractivity contribution in [3.8, 4) is 0 Å². The summed E-state index contributed by atoms with van der Waals surface area (Å²) in [4.78, 5) is 0.501. The minimum atomic E-state index is -0.0179. The third kappa shape index (κ3) is 3.56. The molecule has 0 aromatic heterocycles.